The van der Waals surface area contributed by atoms with Crippen LogP contribution in [0.2, 0.25) is 10.0 Å². The van der Waals surface area contributed by atoms with Gasteiger partial charge < -0.3 is 16.2 Å². The normalized spacial score (nSPS) is 10.4. The number of hydrogen-bond donors (Lipinski definition) is 3. The van der Waals surface area contributed by atoms with E-state index < -0.39 is 0 Å². The fraction of sp³-hybridized carbons (Fsp3) is 0.417. The van der Waals surface area contributed by atoms with Gasteiger partial charge in [-0.25, -0.2) is 0 Å². The fourth-order valence-electron chi connectivity index (χ4n) is 1.43. The third kappa shape index (κ3) is 4.37. The number of carbonyl (C=O) groups is 1. The Morgan fingerprint density at radius 3 is 2.39 bits per heavy atom. The molecule has 0 heterocycles. The molecule has 4 N–H and O–H groups in total. The summed E-state index contributed by atoms with van der Waals surface area (Å²) >= 11 is 11.7. The Hall–Kier alpha value is -0.970. The molecule has 0 fully saturated rings. The van der Waals surface area contributed by atoms with Gasteiger partial charge in [-0.05, 0) is 31.4 Å². The van der Waals surface area contributed by atoms with Crippen LogP contribution in [-0.2, 0) is 0 Å². The largest absolute Gasteiger partial charge is 0.396 e. The van der Waals surface area contributed by atoms with Gasteiger partial charge in [0.2, 0.25) is 0 Å². The first-order valence-electron chi connectivity index (χ1n) is 5.70. The van der Waals surface area contributed by atoms with Gasteiger partial charge in [0.15, 0.2) is 0 Å². The van der Waals surface area contributed by atoms with Gasteiger partial charge in [-0.3, -0.25) is 4.79 Å². The van der Waals surface area contributed by atoms with Crippen LogP contribution < -0.4 is 11.1 Å². The molecule has 0 radical (unpaired) electrons. The van der Waals surface area contributed by atoms with E-state index in [1.54, 1.807) is 0 Å². The molecule has 0 aliphatic carbocycles. The van der Waals surface area contributed by atoms with Gasteiger partial charge in [-0.15, -0.1) is 0 Å². The van der Waals surface area contributed by atoms with E-state index in [9.17, 15) is 4.79 Å². The summed E-state index contributed by atoms with van der Waals surface area (Å²) in [7, 11) is 0. The molecule has 0 unspecified atom stereocenters. The second-order valence-corrected chi connectivity index (χ2v) is 4.71. The molecule has 0 spiro atoms. The van der Waals surface area contributed by atoms with Crippen molar-refractivity contribution in [3.05, 3.63) is 27.7 Å². The summed E-state index contributed by atoms with van der Waals surface area (Å²) in [6, 6.07) is 2.98. The summed E-state index contributed by atoms with van der Waals surface area (Å²) in [6.07, 6.45) is 2.44. The van der Waals surface area contributed by atoms with Gasteiger partial charge in [0.1, 0.15) is 0 Å². The van der Waals surface area contributed by atoms with Crippen molar-refractivity contribution >= 4 is 34.8 Å². The number of carbonyl (C=O) groups excluding carboxylic acids is 1. The average molecular weight is 291 g/mol. The molecule has 4 nitrogen and oxygen atoms in total. The number of nitrogens with two attached hydrogens (primary N) is 1. The number of benzene rings is 1. The Bertz CT molecular complexity index is 402. The zero-order valence-corrected chi connectivity index (χ0v) is 11.4. The van der Waals surface area contributed by atoms with Crippen LogP contribution in [0.15, 0.2) is 12.1 Å². The van der Waals surface area contributed by atoms with Gasteiger partial charge in [0, 0.05) is 18.7 Å². The number of halogens is 2. The minimum atomic E-state index is -0.234. The third-order valence-electron chi connectivity index (χ3n) is 2.46. The molecule has 0 aliphatic heterocycles. The SMILES string of the molecule is Nc1c(Cl)cc(C(=O)NCCCCCO)cc1Cl. The molecule has 18 heavy (non-hydrogen) atoms. The summed E-state index contributed by atoms with van der Waals surface area (Å²) in [5.41, 5.74) is 6.25. The molecule has 0 atom stereocenters. The van der Waals surface area contributed by atoms with Crippen LogP contribution in [0.4, 0.5) is 5.69 Å². The predicted molar refractivity (Wildman–Crippen MR) is 74.1 cm³/mol. The van der Waals surface area contributed by atoms with E-state index in [1.807, 2.05) is 0 Å². The third-order valence-corrected chi connectivity index (χ3v) is 3.09. The first kappa shape index (κ1) is 15.1. The smallest absolute Gasteiger partial charge is 0.251 e. The van der Waals surface area contributed by atoms with Crippen LogP contribution in [0.5, 0.6) is 0 Å². The highest BCUT2D eigenvalue weighted by molar-refractivity contribution is 6.39. The molecule has 0 bridgehead atoms. The quantitative estimate of drug-likeness (QED) is 0.556. The molecule has 1 aromatic carbocycles. The van der Waals surface area contributed by atoms with Crippen LogP contribution in [0.3, 0.4) is 0 Å². The van der Waals surface area contributed by atoms with Crippen molar-refractivity contribution in [1.82, 2.24) is 5.32 Å². The molecular formula is C12H16Cl2N2O2. The highest BCUT2D eigenvalue weighted by Crippen LogP contribution is 2.28. The van der Waals surface area contributed by atoms with Gasteiger partial charge in [-0.2, -0.15) is 0 Å². The molecule has 1 rings (SSSR count). The molecule has 1 amide bonds. The van der Waals surface area contributed by atoms with Crippen LogP contribution in [0.1, 0.15) is 29.6 Å². The Kier molecular flexibility index (Phi) is 6.25. The minimum absolute atomic E-state index is 0.178. The Balaban J connectivity index is 2.52. The lowest BCUT2D eigenvalue weighted by atomic mass is 10.2. The van der Waals surface area contributed by atoms with Crippen molar-refractivity contribution in [1.29, 1.82) is 0 Å². The van der Waals surface area contributed by atoms with Crippen LogP contribution in [-0.4, -0.2) is 24.2 Å². The van der Waals surface area contributed by atoms with E-state index in [0.717, 1.165) is 19.3 Å². The number of anilines is 1. The van der Waals surface area contributed by atoms with Crippen molar-refractivity contribution in [3.63, 3.8) is 0 Å². The van der Waals surface area contributed by atoms with Crippen molar-refractivity contribution in [3.8, 4) is 0 Å². The second-order valence-electron chi connectivity index (χ2n) is 3.89. The maximum absolute atomic E-state index is 11.8. The Morgan fingerprint density at radius 2 is 1.83 bits per heavy atom. The number of aliphatic hydroxyl groups is 1. The predicted octanol–water partition coefficient (Wildman–Crippen LogP) is 2.47. The van der Waals surface area contributed by atoms with Gasteiger partial charge in [-0.1, -0.05) is 23.2 Å². The summed E-state index contributed by atoms with van der Waals surface area (Å²) in [5, 5.41) is 11.9. The molecule has 100 valence electrons. The van der Waals surface area contributed by atoms with Crippen molar-refractivity contribution < 1.29 is 9.90 Å². The number of unbranched alkanes of at least 4 members (excludes halogenated alkanes) is 2. The van der Waals surface area contributed by atoms with Crippen LogP contribution >= 0.6 is 23.2 Å². The summed E-state index contributed by atoms with van der Waals surface area (Å²) < 4.78 is 0. The van der Waals surface area contributed by atoms with Crippen molar-refractivity contribution in [2.45, 2.75) is 19.3 Å². The second kappa shape index (κ2) is 7.46. The van der Waals surface area contributed by atoms with E-state index in [2.05, 4.69) is 5.32 Å². The number of nitrogens with one attached hydrogen (secondary N) is 1. The maximum Gasteiger partial charge on any atom is 0.251 e. The van der Waals surface area contributed by atoms with Crippen molar-refractivity contribution in [2.24, 2.45) is 0 Å². The molecule has 0 aromatic heterocycles. The summed E-state index contributed by atoms with van der Waals surface area (Å²) in [5.74, 6) is -0.234. The standard InChI is InChI=1S/C12H16Cl2N2O2/c13-9-6-8(7-10(14)11(9)15)12(18)16-4-2-1-3-5-17/h6-7,17H,1-5,15H2,(H,16,18). The van der Waals surface area contributed by atoms with Crippen molar-refractivity contribution in [2.75, 3.05) is 18.9 Å². The lowest BCUT2D eigenvalue weighted by Crippen LogP contribution is -2.24. The molecular weight excluding hydrogens is 275 g/mol. The number of rotatable bonds is 6. The maximum atomic E-state index is 11.8. The topological polar surface area (TPSA) is 75.4 Å². The van der Waals surface area contributed by atoms with E-state index >= 15 is 0 Å². The molecule has 0 saturated heterocycles. The first-order valence-corrected chi connectivity index (χ1v) is 6.45. The number of aliphatic hydroxyl groups excluding tert-OH is 1. The molecule has 0 aliphatic rings. The zero-order chi connectivity index (χ0) is 13.5. The van der Waals surface area contributed by atoms with Crippen LogP contribution in [0, 0.1) is 0 Å². The average Bonchev–Trinajstić information content (AvgIpc) is 2.34. The number of nitrogen functional groups attached to an aromatic ring is 1. The molecule has 6 heteroatoms. The lowest BCUT2D eigenvalue weighted by Gasteiger charge is -2.07. The van der Waals surface area contributed by atoms with Gasteiger partial charge in [0.05, 0.1) is 15.7 Å². The fourth-order valence-corrected chi connectivity index (χ4v) is 1.92. The monoisotopic (exact) mass is 290 g/mol. The zero-order valence-electron chi connectivity index (χ0n) is 9.88. The van der Waals surface area contributed by atoms with E-state index in [4.69, 9.17) is 34.0 Å². The molecule has 0 saturated carbocycles. The first-order chi connectivity index (χ1) is 8.56. The number of hydrogen-bond acceptors (Lipinski definition) is 3. The summed E-state index contributed by atoms with van der Waals surface area (Å²) in [4.78, 5) is 11.8. The summed E-state index contributed by atoms with van der Waals surface area (Å²) in [6.45, 7) is 0.732. The van der Waals surface area contributed by atoms with Gasteiger partial charge >= 0.3 is 0 Å². The lowest BCUT2D eigenvalue weighted by molar-refractivity contribution is 0.0953. The highest BCUT2D eigenvalue weighted by atomic mass is 35.5. The Labute approximate surface area is 116 Å². The molecule has 1 aromatic rings. The van der Waals surface area contributed by atoms with E-state index in [0.29, 0.717) is 12.1 Å². The van der Waals surface area contributed by atoms with E-state index in [1.165, 1.54) is 12.1 Å². The van der Waals surface area contributed by atoms with Gasteiger partial charge in [0.25, 0.3) is 5.91 Å². The van der Waals surface area contributed by atoms with E-state index in [-0.39, 0.29) is 28.2 Å². The number of amides is 1. The Morgan fingerprint density at radius 1 is 1.22 bits per heavy atom. The minimum Gasteiger partial charge on any atom is -0.396 e. The highest BCUT2D eigenvalue weighted by Gasteiger charge is 2.10. The van der Waals surface area contributed by atoms with Crippen LogP contribution in [0.25, 0.3) is 0 Å².